The lowest BCUT2D eigenvalue weighted by Gasteiger charge is -2.09. The van der Waals surface area contributed by atoms with Crippen molar-refractivity contribution in [1.82, 2.24) is 24.5 Å². The minimum absolute atomic E-state index is 0.558. The number of fused-ring (bicyclic) bond motifs is 1. The normalized spacial score (nSPS) is 10.8. The second kappa shape index (κ2) is 5.74. The maximum atomic E-state index is 5.24. The fourth-order valence-electron chi connectivity index (χ4n) is 2.16. The molecule has 0 aliphatic heterocycles. The van der Waals surface area contributed by atoms with Crippen LogP contribution in [0.2, 0.25) is 0 Å². The summed E-state index contributed by atoms with van der Waals surface area (Å²) in [4.78, 5) is 17.1. The smallest absolute Gasteiger partial charge is 0.218 e. The van der Waals surface area contributed by atoms with Crippen molar-refractivity contribution in [3.8, 4) is 5.88 Å². The fourth-order valence-corrected chi connectivity index (χ4v) is 2.16. The van der Waals surface area contributed by atoms with E-state index in [4.69, 9.17) is 4.74 Å². The van der Waals surface area contributed by atoms with Crippen LogP contribution in [0, 0.1) is 0 Å². The van der Waals surface area contributed by atoms with E-state index in [1.54, 1.807) is 26.0 Å². The number of nitrogens with one attached hydrogen (secondary N) is 1. The highest BCUT2D eigenvalue weighted by Gasteiger charge is 2.10. The van der Waals surface area contributed by atoms with Crippen molar-refractivity contribution in [2.45, 2.75) is 20.0 Å². The highest BCUT2D eigenvalue weighted by Crippen LogP contribution is 2.20. The Morgan fingerprint density at radius 1 is 1.24 bits per heavy atom. The number of pyridine rings is 1. The van der Waals surface area contributed by atoms with Gasteiger partial charge in [-0.05, 0) is 13.0 Å². The number of hydrogen-bond donors (Lipinski definition) is 1. The number of imidazole rings is 1. The lowest BCUT2D eigenvalue weighted by Crippen LogP contribution is -2.05. The first-order valence-corrected chi connectivity index (χ1v) is 6.71. The quantitative estimate of drug-likeness (QED) is 0.770. The van der Waals surface area contributed by atoms with E-state index < -0.39 is 0 Å². The SMILES string of the molecule is CCn1cnc2c(NCc3cccnc3OC)ncnc21. The zero-order chi connectivity index (χ0) is 14.7. The van der Waals surface area contributed by atoms with Gasteiger partial charge in [0.05, 0.1) is 13.4 Å². The van der Waals surface area contributed by atoms with Crippen LogP contribution < -0.4 is 10.1 Å². The van der Waals surface area contributed by atoms with E-state index in [1.165, 1.54) is 0 Å². The van der Waals surface area contributed by atoms with E-state index in [9.17, 15) is 0 Å². The molecule has 0 radical (unpaired) electrons. The van der Waals surface area contributed by atoms with Gasteiger partial charge in [-0.1, -0.05) is 6.07 Å². The van der Waals surface area contributed by atoms with Gasteiger partial charge in [0.1, 0.15) is 11.8 Å². The number of aromatic nitrogens is 5. The lowest BCUT2D eigenvalue weighted by atomic mass is 10.2. The molecule has 3 aromatic heterocycles. The molecule has 3 aromatic rings. The third-order valence-electron chi connectivity index (χ3n) is 3.23. The summed E-state index contributed by atoms with van der Waals surface area (Å²) in [5.41, 5.74) is 2.55. The summed E-state index contributed by atoms with van der Waals surface area (Å²) in [6, 6.07) is 3.84. The summed E-state index contributed by atoms with van der Waals surface area (Å²) >= 11 is 0. The molecule has 7 heteroatoms. The number of nitrogens with zero attached hydrogens (tertiary/aromatic N) is 5. The van der Waals surface area contributed by atoms with Crippen LogP contribution in [0.4, 0.5) is 5.82 Å². The maximum Gasteiger partial charge on any atom is 0.218 e. The van der Waals surface area contributed by atoms with Crippen LogP contribution in [-0.2, 0) is 13.1 Å². The number of rotatable bonds is 5. The van der Waals surface area contributed by atoms with Crippen molar-refractivity contribution in [1.29, 1.82) is 0 Å². The first-order chi connectivity index (χ1) is 10.3. The highest BCUT2D eigenvalue weighted by molar-refractivity contribution is 5.82. The Balaban J connectivity index is 1.87. The number of aryl methyl sites for hydroxylation is 1. The average molecular weight is 284 g/mol. The lowest BCUT2D eigenvalue weighted by molar-refractivity contribution is 0.393. The zero-order valence-corrected chi connectivity index (χ0v) is 11.9. The fraction of sp³-hybridized carbons (Fsp3) is 0.286. The Kier molecular flexibility index (Phi) is 3.63. The molecular formula is C14H16N6O. The molecule has 0 amide bonds. The third kappa shape index (κ3) is 2.49. The largest absolute Gasteiger partial charge is 0.481 e. The van der Waals surface area contributed by atoms with Crippen molar-refractivity contribution in [3.05, 3.63) is 36.5 Å². The summed E-state index contributed by atoms with van der Waals surface area (Å²) in [5.74, 6) is 1.31. The number of ether oxygens (including phenoxy) is 1. The van der Waals surface area contributed by atoms with Crippen LogP contribution in [-0.4, -0.2) is 31.6 Å². The van der Waals surface area contributed by atoms with Gasteiger partial charge in [0.25, 0.3) is 0 Å². The average Bonchev–Trinajstić information content (AvgIpc) is 2.96. The molecule has 3 heterocycles. The minimum atomic E-state index is 0.558. The van der Waals surface area contributed by atoms with Gasteiger partial charge < -0.3 is 14.6 Å². The molecule has 0 fully saturated rings. The summed E-state index contributed by atoms with van der Waals surface area (Å²) in [6.07, 6.45) is 5.02. The molecule has 0 saturated carbocycles. The van der Waals surface area contributed by atoms with Crippen molar-refractivity contribution < 1.29 is 4.74 Å². The Hall–Kier alpha value is -2.70. The van der Waals surface area contributed by atoms with Gasteiger partial charge in [-0.3, -0.25) is 0 Å². The van der Waals surface area contributed by atoms with Crippen LogP contribution >= 0.6 is 0 Å². The van der Waals surface area contributed by atoms with Crippen LogP contribution in [0.3, 0.4) is 0 Å². The summed E-state index contributed by atoms with van der Waals surface area (Å²) in [6.45, 7) is 3.43. The van der Waals surface area contributed by atoms with Gasteiger partial charge in [0.15, 0.2) is 11.5 Å². The first-order valence-electron chi connectivity index (χ1n) is 6.71. The monoisotopic (exact) mass is 284 g/mol. The van der Waals surface area contributed by atoms with E-state index in [0.717, 1.165) is 23.3 Å². The zero-order valence-electron chi connectivity index (χ0n) is 11.9. The number of anilines is 1. The summed E-state index contributed by atoms with van der Waals surface area (Å²) in [7, 11) is 1.61. The minimum Gasteiger partial charge on any atom is -0.481 e. The van der Waals surface area contributed by atoms with Crippen molar-refractivity contribution in [3.63, 3.8) is 0 Å². The van der Waals surface area contributed by atoms with E-state index in [-0.39, 0.29) is 0 Å². The molecule has 0 aliphatic carbocycles. The molecule has 21 heavy (non-hydrogen) atoms. The van der Waals surface area contributed by atoms with E-state index >= 15 is 0 Å². The number of hydrogen-bond acceptors (Lipinski definition) is 6. The molecule has 0 aromatic carbocycles. The van der Waals surface area contributed by atoms with Gasteiger partial charge in [-0.25, -0.2) is 19.9 Å². The predicted molar refractivity (Wildman–Crippen MR) is 79.1 cm³/mol. The summed E-state index contributed by atoms with van der Waals surface area (Å²) < 4.78 is 7.22. The van der Waals surface area contributed by atoms with Gasteiger partial charge >= 0.3 is 0 Å². The van der Waals surface area contributed by atoms with Crippen LogP contribution in [0.1, 0.15) is 12.5 Å². The Morgan fingerprint density at radius 3 is 2.95 bits per heavy atom. The van der Waals surface area contributed by atoms with Gasteiger partial charge in [-0.15, -0.1) is 0 Å². The van der Waals surface area contributed by atoms with Crippen molar-refractivity contribution in [2.75, 3.05) is 12.4 Å². The molecule has 3 rings (SSSR count). The molecule has 1 N–H and O–H groups in total. The maximum absolute atomic E-state index is 5.24. The molecule has 7 nitrogen and oxygen atoms in total. The predicted octanol–water partition coefficient (Wildman–Crippen LogP) is 1.86. The Morgan fingerprint density at radius 2 is 2.14 bits per heavy atom. The van der Waals surface area contributed by atoms with Gasteiger partial charge in [-0.2, -0.15) is 0 Å². The Labute approximate surface area is 122 Å². The Bertz CT molecular complexity index is 754. The topological polar surface area (TPSA) is 77.8 Å². The first kappa shape index (κ1) is 13.3. The number of methoxy groups -OCH3 is 1. The molecular weight excluding hydrogens is 268 g/mol. The molecule has 0 saturated heterocycles. The molecule has 108 valence electrons. The van der Waals surface area contributed by atoms with Crippen LogP contribution in [0.5, 0.6) is 5.88 Å². The van der Waals surface area contributed by atoms with Gasteiger partial charge in [0.2, 0.25) is 5.88 Å². The molecule has 0 aliphatic rings. The van der Waals surface area contributed by atoms with Gasteiger partial charge in [0, 0.05) is 24.8 Å². The second-order valence-electron chi connectivity index (χ2n) is 4.45. The van der Waals surface area contributed by atoms with Crippen LogP contribution in [0.15, 0.2) is 31.0 Å². The molecule has 0 atom stereocenters. The van der Waals surface area contributed by atoms with E-state index in [2.05, 4.69) is 32.2 Å². The molecule has 0 unspecified atom stereocenters. The van der Waals surface area contributed by atoms with E-state index in [0.29, 0.717) is 18.2 Å². The third-order valence-corrected chi connectivity index (χ3v) is 3.23. The van der Waals surface area contributed by atoms with Crippen LogP contribution in [0.25, 0.3) is 11.2 Å². The van der Waals surface area contributed by atoms with E-state index in [1.807, 2.05) is 16.7 Å². The van der Waals surface area contributed by atoms with Crippen molar-refractivity contribution in [2.24, 2.45) is 0 Å². The molecule has 0 bridgehead atoms. The van der Waals surface area contributed by atoms with Crippen molar-refractivity contribution >= 4 is 17.0 Å². The summed E-state index contributed by atoms with van der Waals surface area (Å²) in [5, 5.41) is 3.27. The standard InChI is InChI=1S/C14H16N6O/c1-3-20-9-19-11-12(17-8-18-13(11)20)16-7-10-5-4-6-15-14(10)21-2/h4-6,8-9H,3,7H2,1-2H3,(H,16,17,18). The highest BCUT2D eigenvalue weighted by atomic mass is 16.5. The second-order valence-corrected chi connectivity index (χ2v) is 4.45. The molecule has 0 spiro atoms.